The molecule has 1 amide bonds. The highest BCUT2D eigenvalue weighted by Gasteiger charge is 2.32. The van der Waals surface area contributed by atoms with Crippen LogP contribution in [-0.4, -0.2) is 48.0 Å². The molecule has 0 spiro atoms. The number of hydrogen-bond acceptors (Lipinski definition) is 4. The Hall–Kier alpha value is -0.860. The lowest BCUT2D eigenvalue weighted by Crippen LogP contribution is -2.33. The second-order valence-corrected chi connectivity index (χ2v) is 11.6. The van der Waals surface area contributed by atoms with Crippen LogP contribution in [0.1, 0.15) is 73.5 Å². The van der Waals surface area contributed by atoms with Crippen molar-refractivity contribution < 1.29 is 18.0 Å². The molecule has 2 fully saturated rings. The average molecular weight is 489 g/mol. The molecule has 1 aromatic carbocycles. The smallest absolute Gasteiger partial charge is 0.356 e. The van der Waals surface area contributed by atoms with E-state index in [1.165, 1.54) is 44.5 Å². The van der Waals surface area contributed by atoms with Crippen LogP contribution in [0.25, 0.3) is 0 Å². The summed E-state index contributed by atoms with van der Waals surface area (Å²) in [4.78, 5) is 14.6. The number of likely N-dealkylation sites (tertiary alicyclic amines) is 1. The van der Waals surface area contributed by atoms with Gasteiger partial charge in [-0.15, -0.1) is 23.5 Å². The Kier molecular flexibility index (Phi) is 10.6. The number of nitrogens with zero attached hydrogens (tertiary/aromatic N) is 1. The predicted octanol–water partition coefficient (Wildman–Crippen LogP) is 6.50. The van der Waals surface area contributed by atoms with Gasteiger partial charge in [-0.3, -0.25) is 4.79 Å². The van der Waals surface area contributed by atoms with E-state index in [1.807, 2.05) is 0 Å². The number of rotatable bonds is 10. The van der Waals surface area contributed by atoms with E-state index in [4.69, 9.17) is 0 Å². The maximum atomic E-state index is 13.0. The highest BCUT2D eigenvalue weighted by Crippen LogP contribution is 2.49. The van der Waals surface area contributed by atoms with Gasteiger partial charge in [-0.05, 0) is 81.6 Å². The number of unbranched alkanes of at least 4 members (excludes halogenated alkanes) is 1. The Morgan fingerprint density at radius 2 is 1.94 bits per heavy atom. The summed E-state index contributed by atoms with van der Waals surface area (Å²) in [6.45, 7) is 4.22. The van der Waals surface area contributed by atoms with Crippen molar-refractivity contribution in [1.82, 2.24) is 10.2 Å². The Morgan fingerprint density at radius 1 is 1.12 bits per heavy atom. The van der Waals surface area contributed by atoms with E-state index in [0.717, 1.165) is 62.6 Å². The molecular weight excluding hydrogens is 453 g/mol. The zero-order valence-electron chi connectivity index (χ0n) is 18.7. The first-order valence-electron chi connectivity index (χ1n) is 11.8. The lowest BCUT2D eigenvalue weighted by molar-refractivity contribution is -0.137. The molecule has 0 saturated carbocycles. The van der Waals surface area contributed by atoms with Crippen LogP contribution >= 0.6 is 23.5 Å². The first-order chi connectivity index (χ1) is 15.4. The van der Waals surface area contributed by atoms with E-state index in [0.29, 0.717) is 11.7 Å². The molecule has 3 rings (SSSR count). The standard InChI is InChI=1S/C24H35F3N2OS2/c25-24(26,27)20-9-6-8-19(18-20)23-31-17-12-21(32-23)10-2-3-11-22(30)28-13-7-16-29-14-4-1-5-15-29/h6,8-9,18,21,23H,1-5,7,10-17H2,(H,28,30). The SMILES string of the molecule is O=C(CCCCC1CCSC(c2cccc(C(F)(F)F)c2)S1)NCCCN1CCCCC1. The second-order valence-electron chi connectivity index (χ2n) is 8.72. The summed E-state index contributed by atoms with van der Waals surface area (Å²) in [5.41, 5.74) is 0.184. The van der Waals surface area contributed by atoms with Gasteiger partial charge in [0.05, 0.1) is 10.1 Å². The second kappa shape index (κ2) is 13.1. The van der Waals surface area contributed by atoms with E-state index < -0.39 is 11.7 Å². The quantitative estimate of drug-likeness (QED) is 0.381. The first kappa shape index (κ1) is 25.8. The maximum absolute atomic E-state index is 13.0. The Balaban J connectivity index is 1.29. The van der Waals surface area contributed by atoms with Crippen LogP contribution in [-0.2, 0) is 11.0 Å². The van der Waals surface area contributed by atoms with Gasteiger partial charge in [-0.1, -0.05) is 25.0 Å². The van der Waals surface area contributed by atoms with Crippen molar-refractivity contribution in [3.8, 4) is 0 Å². The number of piperidine rings is 1. The molecule has 2 unspecified atom stereocenters. The van der Waals surface area contributed by atoms with Crippen LogP contribution in [0.4, 0.5) is 13.2 Å². The number of alkyl halides is 3. The minimum Gasteiger partial charge on any atom is -0.356 e. The number of nitrogens with one attached hydrogen (secondary N) is 1. The minimum absolute atomic E-state index is 0.0549. The summed E-state index contributed by atoms with van der Waals surface area (Å²) in [5, 5.41) is 3.49. The fraction of sp³-hybridized carbons (Fsp3) is 0.708. The fourth-order valence-electron chi connectivity index (χ4n) is 4.30. The van der Waals surface area contributed by atoms with E-state index in [9.17, 15) is 18.0 Å². The van der Waals surface area contributed by atoms with Gasteiger partial charge in [-0.2, -0.15) is 13.2 Å². The molecule has 1 N–H and O–H groups in total. The topological polar surface area (TPSA) is 32.3 Å². The summed E-state index contributed by atoms with van der Waals surface area (Å²) >= 11 is 3.52. The van der Waals surface area contributed by atoms with Crippen LogP contribution in [0.2, 0.25) is 0 Å². The predicted molar refractivity (Wildman–Crippen MR) is 129 cm³/mol. The normalized spacial score (nSPS) is 22.6. The van der Waals surface area contributed by atoms with Crippen LogP contribution in [0.5, 0.6) is 0 Å². The monoisotopic (exact) mass is 488 g/mol. The molecule has 2 aliphatic heterocycles. The van der Waals surface area contributed by atoms with Gasteiger partial charge in [0.1, 0.15) is 0 Å². The van der Waals surface area contributed by atoms with E-state index in [1.54, 1.807) is 29.6 Å². The van der Waals surface area contributed by atoms with Gasteiger partial charge >= 0.3 is 6.18 Å². The van der Waals surface area contributed by atoms with Crippen LogP contribution in [0.15, 0.2) is 24.3 Å². The fourth-order valence-corrected chi connectivity index (χ4v) is 7.70. The van der Waals surface area contributed by atoms with E-state index >= 15 is 0 Å². The molecule has 0 aromatic heterocycles. The van der Waals surface area contributed by atoms with Gasteiger partial charge in [0.15, 0.2) is 0 Å². The third-order valence-electron chi connectivity index (χ3n) is 6.11. The molecular formula is C24H35F3N2OS2. The average Bonchev–Trinajstić information content (AvgIpc) is 2.80. The van der Waals surface area contributed by atoms with Gasteiger partial charge in [0.25, 0.3) is 0 Å². The number of amides is 1. The van der Waals surface area contributed by atoms with E-state index in [-0.39, 0.29) is 10.5 Å². The molecule has 2 saturated heterocycles. The number of thioether (sulfide) groups is 2. The van der Waals surface area contributed by atoms with Crippen molar-refractivity contribution in [2.24, 2.45) is 0 Å². The molecule has 2 heterocycles. The Morgan fingerprint density at radius 3 is 2.72 bits per heavy atom. The van der Waals surface area contributed by atoms with Crippen LogP contribution in [0.3, 0.4) is 0 Å². The highest BCUT2D eigenvalue weighted by atomic mass is 32.2. The third-order valence-corrected chi connectivity index (χ3v) is 9.28. The molecule has 0 aliphatic carbocycles. The largest absolute Gasteiger partial charge is 0.416 e. The van der Waals surface area contributed by atoms with Crippen molar-refractivity contribution in [2.45, 2.75) is 73.8 Å². The molecule has 3 nitrogen and oxygen atoms in total. The lowest BCUT2D eigenvalue weighted by Gasteiger charge is -2.29. The van der Waals surface area contributed by atoms with Gasteiger partial charge in [0, 0.05) is 18.2 Å². The van der Waals surface area contributed by atoms with Gasteiger partial charge in [-0.25, -0.2) is 0 Å². The zero-order chi connectivity index (χ0) is 22.8. The number of hydrogen-bond donors (Lipinski definition) is 1. The Bertz CT molecular complexity index is 711. The van der Waals surface area contributed by atoms with Gasteiger partial charge in [0.2, 0.25) is 5.91 Å². The molecule has 2 aliphatic rings. The summed E-state index contributed by atoms with van der Waals surface area (Å²) in [6, 6.07) is 5.74. The third kappa shape index (κ3) is 8.82. The van der Waals surface area contributed by atoms with Crippen LogP contribution in [0, 0.1) is 0 Å². The van der Waals surface area contributed by atoms with Crippen LogP contribution < -0.4 is 5.32 Å². The van der Waals surface area contributed by atoms with Crippen molar-refractivity contribution in [3.05, 3.63) is 35.4 Å². The number of carbonyl (C=O) groups excluding carboxylic acids is 1. The molecule has 32 heavy (non-hydrogen) atoms. The first-order valence-corrected chi connectivity index (χ1v) is 13.8. The number of benzene rings is 1. The van der Waals surface area contributed by atoms with Crippen molar-refractivity contribution >= 4 is 29.4 Å². The molecule has 0 radical (unpaired) electrons. The summed E-state index contributed by atoms with van der Waals surface area (Å²) in [6.07, 6.45) is 5.17. The summed E-state index contributed by atoms with van der Waals surface area (Å²) in [7, 11) is 0. The molecule has 8 heteroatoms. The van der Waals surface area contributed by atoms with Crippen molar-refractivity contribution in [1.29, 1.82) is 0 Å². The Labute approximate surface area is 198 Å². The summed E-state index contributed by atoms with van der Waals surface area (Å²) < 4.78 is 39.1. The molecule has 180 valence electrons. The molecule has 2 atom stereocenters. The van der Waals surface area contributed by atoms with Gasteiger partial charge < -0.3 is 10.2 Å². The lowest BCUT2D eigenvalue weighted by atomic mass is 10.1. The maximum Gasteiger partial charge on any atom is 0.416 e. The number of carbonyl (C=O) groups is 1. The highest BCUT2D eigenvalue weighted by molar-refractivity contribution is 8.17. The van der Waals surface area contributed by atoms with Crippen molar-refractivity contribution in [3.63, 3.8) is 0 Å². The van der Waals surface area contributed by atoms with E-state index in [2.05, 4.69) is 10.2 Å². The molecule has 1 aromatic rings. The number of halogens is 3. The zero-order valence-corrected chi connectivity index (χ0v) is 20.3. The minimum atomic E-state index is -4.30. The van der Waals surface area contributed by atoms with Crippen molar-refractivity contribution in [2.75, 3.05) is 31.9 Å². The summed E-state index contributed by atoms with van der Waals surface area (Å²) in [5.74, 6) is 1.10. The molecule has 0 bridgehead atoms.